The molecule has 1 N–H and O–H groups in total. The molecular weight excluding hydrogens is 407 g/mol. The van der Waals surface area contributed by atoms with Crippen LogP contribution in [0.2, 0.25) is 0 Å². The molecule has 3 rings (SSSR count). The fourth-order valence-corrected chi connectivity index (χ4v) is 4.39. The number of esters is 1. The Morgan fingerprint density at radius 3 is 2.70 bits per heavy atom. The van der Waals surface area contributed by atoms with Gasteiger partial charge in [-0.15, -0.1) is 11.8 Å². The van der Waals surface area contributed by atoms with E-state index in [0.717, 1.165) is 17.7 Å². The number of nitrogens with zero attached hydrogens (tertiary/aromatic N) is 1. The van der Waals surface area contributed by atoms with Crippen molar-refractivity contribution in [2.45, 2.75) is 12.3 Å². The van der Waals surface area contributed by atoms with Crippen LogP contribution in [0.1, 0.15) is 26.9 Å². The van der Waals surface area contributed by atoms with Crippen LogP contribution >= 0.6 is 11.8 Å². The van der Waals surface area contributed by atoms with Crippen molar-refractivity contribution in [3.05, 3.63) is 65.0 Å². The Kier molecular flexibility index (Phi) is 7.84. The number of halogens is 1. The summed E-state index contributed by atoms with van der Waals surface area (Å²) in [5, 5.41) is 2.63. The van der Waals surface area contributed by atoms with Crippen LogP contribution in [0, 0.1) is 12.7 Å². The van der Waals surface area contributed by atoms with Gasteiger partial charge in [0, 0.05) is 6.54 Å². The van der Waals surface area contributed by atoms with Gasteiger partial charge in [-0.2, -0.15) is 0 Å². The average molecular weight is 433 g/mol. The molecule has 30 heavy (non-hydrogen) atoms. The molecule has 2 aromatic carbocycles. The molecule has 2 aromatic rings. The number of benzene rings is 2. The third kappa shape index (κ3) is 5.19. The molecule has 8 heteroatoms. The zero-order chi connectivity index (χ0) is 21.5. The maximum Gasteiger partial charge on any atom is 0.340 e. The van der Waals surface area contributed by atoms with E-state index >= 15 is 0 Å². The van der Waals surface area contributed by atoms with Crippen molar-refractivity contribution < 1.29 is 23.5 Å². The van der Waals surface area contributed by atoms with Crippen LogP contribution in [-0.2, 0) is 14.3 Å². The van der Waals surface area contributed by atoms with E-state index in [-0.39, 0.29) is 29.5 Å². The second kappa shape index (κ2) is 10.6. The number of likely N-dealkylation sites (N-methyl/N-ethyl adjacent to an activating group) is 1. The van der Waals surface area contributed by atoms with Gasteiger partial charge in [0.2, 0.25) is 5.91 Å². The summed E-state index contributed by atoms with van der Waals surface area (Å²) >= 11 is 1.45. The number of amides is 1. The number of rotatable bonds is 9. The molecule has 0 radical (unpaired) electrons. The van der Waals surface area contributed by atoms with Crippen molar-refractivity contribution in [2.24, 2.45) is 0 Å². The van der Waals surface area contributed by atoms with E-state index in [2.05, 4.69) is 5.32 Å². The predicted molar refractivity (Wildman–Crippen MR) is 115 cm³/mol. The van der Waals surface area contributed by atoms with Crippen molar-refractivity contribution in [2.75, 3.05) is 44.1 Å². The Hall–Kier alpha value is -2.42. The van der Waals surface area contributed by atoms with Crippen molar-refractivity contribution in [1.82, 2.24) is 5.32 Å². The lowest BCUT2D eigenvalue weighted by Gasteiger charge is -2.27. The fourth-order valence-electron chi connectivity index (χ4n) is 3.23. The first-order valence-corrected chi connectivity index (χ1v) is 10.8. The van der Waals surface area contributed by atoms with Crippen LogP contribution in [0.15, 0.2) is 42.5 Å². The van der Waals surface area contributed by atoms with E-state index in [9.17, 15) is 14.0 Å². The summed E-state index contributed by atoms with van der Waals surface area (Å²) in [7, 11) is 1.83. The van der Waals surface area contributed by atoms with Crippen molar-refractivity contribution in [3.63, 3.8) is 0 Å². The fraction of sp³-hybridized carbons (Fsp3) is 0.364. The summed E-state index contributed by atoms with van der Waals surface area (Å²) in [4.78, 5) is 27.2. The van der Waals surface area contributed by atoms with Crippen molar-refractivity contribution in [1.29, 1.82) is 0 Å². The standard InChI is InChI=1S/C22H25FN2O4S/c1-15-4-3-5-18(22(27)29-13-12-28-11-10-24-2)20(15)25-19(26)14-30-21(25)16-6-8-17(23)9-7-16/h3-9,21,24H,10-14H2,1-2H3. The normalized spacial score (nSPS) is 16.2. The van der Waals surface area contributed by atoms with Gasteiger partial charge in [0.1, 0.15) is 17.8 Å². The van der Waals surface area contributed by atoms with Gasteiger partial charge in [-0.05, 0) is 43.3 Å². The van der Waals surface area contributed by atoms with Gasteiger partial charge < -0.3 is 14.8 Å². The van der Waals surface area contributed by atoms with Gasteiger partial charge in [-0.25, -0.2) is 9.18 Å². The molecule has 1 aliphatic rings. The predicted octanol–water partition coefficient (Wildman–Crippen LogP) is 3.31. The number of aryl methyl sites for hydroxylation is 1. The molecule has 1 fully saturated rings. The van der Waals surface area contributed by atoms with Crippen LogP contribution in [0.3, 0.4) is 0 Å². The van der Waals surface area contributed by atoms with Crippen LogP contribution < -0.4 is 10.2 Å². The number of hydrogen-bond acceptors (Lipinski definition) is 6. The third-order valence-electron chi connectivity index (χ3n) is 4.68. The molecule has 0 spiro atoms. The highest BCUT2D eigenvalue weighted by molar-refractivity contribution is 8.00. The molecule has 0 saturated carbocycles. The zero-order valence-electron chi connectivity index (χ0n) is 17.0. The Balaban J connectivity index is 1.81. The summed E-state index contributed by atoms with van der Waals surface area (Å²) in [5.74, 6) is -0.664. The minimum Gasteiger partial charge on any atom is -0.460 e. The molecule has 1 atom stereocenters. The highest BCUT2D eigenvalue weighted by Crippen LogP contribution is 2.44. The molecule has 1 aliphatic heterocycles. The van der Waals surface area contributed by atoms with Crippen LogP contribution in [0.5, 0.6) is 0 Å². The smallest absolute Gasteiger partial charge is 0.340 e. The van der Waals surface area contributed by atoms with E-state index in [1.165, 1.54) is 23.9 Å². The number of carbonyl (C=O) groups is 2. The van der Waals surface area contributed by atoms with Crippen molar-refractivity contribution in [3.8, 4) is 0 Å². The minimum absolute atomic E-state index is 0.104. The highest BCUT2D eigenvalue weighted by atomic mass is 32.2. The first-order chi connectivity index (χ1) is 14.5. The van der Waals surface area contributed by atoms with Gasteiger partial charge in [0.15, 0.2) is 0 Å². The second-order valence-corrected chi connectivity index (χ2v) is 7.87. The number of nitrogens with one attached hydrogen (secondary N) is 1. The summed E-state index contributed by atoms with van der Waals surface area (Å²) < 4.78 is 24.1. The summed E-state index contributed by atoms with van der Waals surface area (Å²) in [6, 6.07) is 11.3. The minimum atomic E-state index is -0.506. The SMILES string of the molecule is CNCCOCCOC(=O)c1cccc(C)c1N1C(=O)CSC1c1ccc(F)cc1. The Bertz CT molecular complexity index is 891. The molecule has 0 aromatic heterocycles. The van der Waals surface area contributed by atoms with Gasteiger partial charge in [-0.1, -0.05) is 24.3 Å². The first kappa shape index (κ1) is 22.3. The number of thioether (sulfide) groups is 1. The van der Waals surface area contributed by atoms with E-state index in [0.29, 0.717) is 24.5 Å². The third-order valence-corrected chi connectivity index (χ3v) is 5.89. The lowest BCUT2D eigenvalue weighted by atomic mass is 10.1. The van der Waals surface area contributed by atoms with Crippen LogP contribution in [0.25, 0.3) is 0 Å². The van der Waals surface area contributed by atoms with Gasteiger partial charge in [0.25, 0.3) is 0 Å². The second-order valence-electron chi connectivity index (χ2n) is 6.80. The van der Waals surface area contributed by atoms with Gasteiger partial charge in [-0.3, -0.25) is 9.69 Å². The molecule has 160 valence electrons. The monoisotopic (exact) mass is 432 g/mol. The van der Waals surface area contributed by atoms with Crippen LogP contribution in [0.4, 0.5) is 10.1 Å². The molecular formula is C22H25FN2O4S. The van der Waals surface area contributed by atoms with Crippen LogP contribution in [-0.4, -0.2) is 51.0 Å². The molecule has 1 unspecified atom stereocenters. The molecule has 1 saturated heterocycles. The first-order valence-electron chi connectivity index (χ1n) is 9.71. The number of ether oxygens (including phenoxy) is 2. The van der Waals surface area contributed by atoms with E-state index in [1.54, 1.807) is 29.2 Å². The molecule has 0 aliphatic carbocycles. The molecule has 0 bridgehead atoms. The van der Waals surface area contributed by atoms with Gasteiger partial charge >= 0.3 is 5.97 Å². The molecule has 1 amide bonds. The summed E-state index contributed by atoms with van der Waals surface area (Å²) in [6.07, 6.45) is 0. The molecule has 1 heterocycles. The number of carbonyl (C=O) groups excluding carboxylic acids is 2. The molecule has 6 nitrogen and oxygen atoms in total. The zero-order valence-corrected chi connectivity index (χ0v) is 17.8. The summed E-state index contributed by atoms with van der Waals surface area (Å²) in [5.41, 5.74) is 2.45. The highest BCUT2D eigenvalue weighted by Gasteiger charge is 2.37. The maximum absolute atomic E-state index is 13.4. The number of para-hydroxylation sites is 1. The van der Waals surface area contributed by atoms with E-state index in [1.807, 2.05) is 20.0 Å². The largest absolute Gasteiger partial charge is 0.460 e. The maximum atomic E-state index is 13.4. The number of hydrogen-bond donors (Lipinski definition) is 1. The summed E-state index contributed by atoms with van der Waals surface area (Å²) in [6.45, 7) is 3.52. The Morgan fingerprint density at radius 2 is 1.97 bits per heavy atom. The number of anilines is 1. The lowest BCUT2D eigenvalue weighted by molar-refractivity contribution is -0.115. The topological polar surface area (TPSA) is 67.9 Å². The van der Waals surface area contributed by atoms with E-state index in [4.69, 9.17) is 9.47 Å². The lowest BCUT2D eigenvalue weighted by Crippen LogP contribution is -2.30. The Labute approximate surface area is 179 Å². The van der Waals surface area contributed by atoms with Gasteiger partial charge in [0.05, 0.1) is 30.2 Å². The Morgan fingerprint density at radius 1 is 1.20 bits per heavy atom. The quantitative estimate of drug-likeness (QED) is 0.484. The van der Waals surface area contributed by atoms with Crippen molar-refractivity contribution >= 4 is 29.3 Å². The van der Waals surface area contributed by atoms with E-state index < -0.39 is 5.97 Å². The average Bonchev–Trinajstić information content (AvgIpc) is 3.11.